The second-order valence-corrected chi connectivity index (χ2v) is 7.71. The largest absolute Gasteiger partial charge is 0.480 e. The number of fused-ring (bicyclic) bond motifs is 2. The van der Waals surface area contributed by atoms with Crippen molar-refractivity contribution in [2.75, 3.05) is 0 Å². The number of hydrogen-bond donors (Lipinski definition) is 1. The molecule has 2 fully saturated rings. The van der Waals surface area contributed by atoms with Gasteiger partial charge in [-0.1, -0.05) is 31.8 Å². The Labute approximate surface area is 151 Å². The van der Waals surface area contributed by atoms with Crippen molar-refractivity contribution in [2.45, 2.75) is 64.0 Å². The summed E-state index contributed by atoms with van der Waals surface area (Å²) in [4.78, 5) is 30.8. The van der Waals surface area contributed by atoms with Gasteiger partial charge in [0.15, 0.2) is 0 Å². The minimum atomic E-state index is -0.922. The molecule has 0 aromatic carbocycles. The van der Waals surface area contributed by atoms with E-state index >= 15 is 0 Å². The monoisotopic (exact) mass is 357 g/mol. The first-order valence-electron chi connectivity index (χ1n) is 9.28. The molecule has 1 saturated carbocycles. The van der Waals surface area contributed by atoms with E-state index in [2.05, 4.69) is 10.1 Å². The molecule has 2 aliphatic rings. The lowest BCUT2D eigenvalue weighted by Gasteiger charge is -2.33. The van der Waals surface area contributed by atoms with E-state index in [1.54, 1.807) is 11.0 Å². The quantitative estimate of drug-likeness (QED) is 0.906. The zero-order valence-corrected chi connectivity index (χ0v) is 15.0. The number of aromatic nitrogens is 2. The molecule has 3 heterocycles. The molecule has 26 heavy (non-hydrogen) atoms. The Hall–Kier alpha value is -2.44. The van der Waals surface area contributed by atoms with E-state index in [1.165, 1.54) is 6.20 Å². The Balaban J connectivity index is 1.72. The van der Waals surface area contributed by atoms with Crippen LogP contribution in [-0.2, 0) is 4.79 Å². The lowest BCUT2D eigenvalue weighted by atomic mass is 9.84. The molecule has 1 amide bonds. The molecule has 7 heteroatoms. The SMILES string of the molecule is CC(C)c1noc2ncc(C(=O)N3[C@H](C(=O)O)C[C@H]4CCCC[C@@H]43)cc12. The molecule has 138 valence electrons. The van der Waals surface area contributed by atoms with Gasteiger partial charge in [0.2, 0.25) is 0 Å². The van der Waals surface area contributed by atoms with Crippen LogP contribution in [0.15, 0.2) is 16.8 Å². The maximum atomic E-state index is 13.2. The number of rotatable bonds is 3. The third kappa shape index (κ3) is 2.66. The van der Waals surface area contributed by atoms with Crippen molar-refractivity contribution in [3.05, 3.63) is 23.5 Å². The van der Waals surface area contributed by atoms with Gasteiger partial charge in [-0.3, -0.25) is 4.79 Å². The molecule has 7 nitrogen and oxygen atoms in total. The summed E-state index contributed by atoms with van der Waals surface area (Å²) in [6.45, 7) is 4.00. The van der Waals surface area contributed by atoms with Crippen LogP contribution in [0.5, 0.6) is 0 Å². The molecule has 2 aromatic heterocycles. The first-order valence-corrected chi connectivity index (χ1v) is 9.28. The normalized spacial score (nSPS) is 25.7. The van der Waals surface area contributed by atoms with Crippen molar-refractivity contribution >= 4 is 23.0 Å². The van der Waals surface area contributed by atoms with Crippen molar-refractivity contribution in [3.8, 4) is 0 Å². The number of carbonyl (C=O) groups excluding carboxylic acids is 1. The molecule has 1 aliphatic carbocycles. The summed E-state index contributed by atoms with van der Waals surface area (Å²) in [5.41, 5.74) is 1.56. The van der Waals surface area contributed by atoms with Crippen LogP contribution in [0.2, 0.25) is 0 Å². The highest BCUT2D eigenvalue weighted by atomic mass is 16.5. The van der Waals surface area contributed by atoms with Crippen molar-refractivity contribution in [1.82, 2.24) is 15.0 Å². The summed E-state index contributed by atoms with van der Waals surface area (Å²) in [6.07, 6.45) is 6.04. The Bertz CT molecular complexity index is 860. The van der Waals surface area contributed by atoms with Gasteiger partial charge in [0.05, 0.1) is 16.6 Å². The Morgan fingerprint density at radius 1 is 1.31 bits per heavy atom. The van der Waals surface area contributed by atoms with E-state index in [1.807, 2.05) is 13.8 Å². The fourth-order valence-electron chi connectivity index (χ4n) is 4.51. The first-order chi connectivity index (χ1) is 12.5. The van der Waals surface area contributed by atoms with E-state index < -0.39 is 12.0 Å². The fourth-order valence-corrected chi connectivity index (χ4v) is 4.51. The average Bonchev–Trinajstić information content (AvgIpc) is 3.22. The standard InChI is InChI=1S/C19H23N3O4/c1-10(2)16-13-7-12(9-20-17(13)26-21-16)18(23)22-14-6-4-3-5-11(14)8-15(22)19(24)25/h7,9-11,14-15H,3-6,8H2,1-2H3,(H,24,25)/t11-,14+,15+/m1/s1. The summed E-state index contributed by atoms with van der Waals surface area (Å²) < 4.78 is 5.24. The molecule has 0 radical (unpaired) electrons. The number of carbonyl (C=O) groups is 2. The van der Waals surface area contributed by atoms with Crippen LogP contribution >= 0.6 is 0 Å². The minimum absolute atomic E-state index is 0.0140. The zero-order chi connectivity index (χ0) is 18.4. The van der Waals surface area contributed by atoms with Crippen molar-refractivity contribution in [3.63, 3.8) is 0 Å². The van der Waals surface area contributed by atoms with Gasteiger partial charge >= 0.3 is 5.97 Å². The van der Waals surface area contributed by atoms with Crippen LogP contribution in [0.1, 0.15) is 67.9 Å². The number of nitrogens with zero attached hydrogens (tertiary/aromatic N) is 3. The van der Waals surface area contributed by atoms with Crippen molar-refractivity contribution < 1.29 is 19.2 Å². The van der Waals surface area contributed by atoms with Crippen LogP contribution in [0, 0.1) is 5.92 Å². The highest BCUT2D eigenvalue weighted by Gasteiger charge is 2.47. The maximum absolute atomic E-state index is 13.2. The lowest BCUT2D eigenvalue weighted by Crippen LogP contribution is -2.46. The summed E-state index contributed by atoms with van der Waals surface area (Å²) in [7, 11) is 0. The number of hydrogen-bond acceptors (Lipinski definition) is 5. The Morgan fingerprint density at radius 2 is 2.08 bits per heavy atom. The highest BCUT2D eigenvalue weighted by molar-refractivity contribution is 5.99. The molecular formula is C19H23N3O4. The predicted molar refractivity (Wildman–Crippen MR) is 93.8 cm³/mol. The fraction of sp³-hybridized carbons (Fsp3) is 0.579. The summed E-state index contributed by atoms with van der Waals surface area (Å²) >= 11 is 0. The third-order valence-electron chi connectivity index (χ3n) is 5.76. The number of amides is 1. The van der Waals surface area contributed by atoms with Gasteiger partial charge in [-0.2, -0.15) is 0 Å². The molecule has 0 unspecified atom stereocenters. The van der Waals surface area contributed by atoms with E-state index in [0.29, 0.717) is 17.7 Å². The lowest BCUT2D eigenvalue weighted by molar-refractivity contribution is -0.141. The van der Waals surface area contributed by atoms with Crippen LogP contribution in [-0.4, -0.2) is 44.1 Å². The van der Waals surface area contributed by atoms with Gasteiger partial charge in [0, 0.05) is 12.2 Å². The summed E-state index contributed by atoms with van der Waals surface area (Å²) in [5.74, 6) is -0.747. The second kappa shape index (κ2) is 6.37. The molecule has 0 spiro atoms. The van der Waals surface area contributed by atoms with Gasteiger partial charge in [-0.25, -0.2) is 9.78 Å². The molecule has 2 aromatic rings. The van der Waals surface area contributed by atoms with Crippen LogP contribution in [0.25, 0.3) is 11.1 Å². The smallest absolute Gasteiger partial charge is 0.326 e. The van der Waals surface area contributed by atoms with E-state index in [4.69, 9.17) is 4.52 Å². The average molecular weight is 357 g/mol. The van der Waals surface area contributed by atoms with Crippen molar-refractivity contribution in [2.24, 2.45) is 5.92 Å². The maximum Gasteiger partial charge on any atom is 0.326 e. The number of pyridine rings is 1. The Kier molecular flexibility index (Phi) is 4.17. The number of carboxylic acid groups (broad SMARTS) is 1. The van der Waals surface area contributed by atoms with E-state index in [0.717, 1.165) is 36.8 Å². The number of likely N-dealkylation sites (tertiary alicyclic amines) is 1. The van der Waals surface area contributed by atoms with Gasteiger partial charge < -0.3 is 14.5 Å². The van der Waals surface area contributed by atoms with E-state index in [-0.39, 0.29) is 23.8 Å². The molecular weight excluding hydrogens is 334 g/mol. The molecule has 3 atom stereocenters. The third-order valence-corrected chi connectivity index (χ3v) is 5.76. The molecule has 1 saturated heterocycles. The topological polar surface area (TPSA) is 96.5 Å². The van der Waals surface area contributed by atoms with Gasteiger partial charge in [-0.15, -0.1) is 0 Å². The van der Waals surface area contributed by atoms with Crippen LogP contribution in [0.3, 0.4) is 0 Å². The predicted octanol–water partition coefficient (Wildman–Crippen LogP) is 3.20. The molecule has 1 aliphatic heterocycles. The van der Waals surface area contributed by atoms with Gasteiger partial charge in [0.1, 0.15) is 6.04 Å². The van der Waals surface area contributed by atoms with Gasteiger partial charge in [0.25, 0.3) is 11.6 Å². The number of carboxylic acids is 1. The summed E-state index contributed by atoms with van der Waals surface area (Å²) in [5, 5.41) is 14.4. The van der Waals surface area contributed by atoms with Crippen molar-refractivity contribution in [1.29, 1.82) is 0 Å². The molecule has 4 rings (SSSR count). The minimum Gasteiger partial charge on any atom is -0.480 e. The first kappa shape index (κ1) is 17.0. The van der Waals surface area contributed by atoms with E-state index in [9.17, 15) is 14.7 Å². The molecule has 0 bridgehead atoms. The second-order valence-electron chi connectivity index (χ2n) is 7.71. The van der Waals surface area contributed by atoms with Crippen LogP contribution in [0.4, 0.5) is 0 Å². The highest BCUT2D eigenvalue weighted by Crippen LogP contribution is 2.40. The molecule has 1 N–H and O–H groups in total. The van der Waals surface area contributed by atoms with Crippen LogP contribution < -0.4 is 0 Å². The zero-order valence-electron chi connectivity index (χ0n) is 15.0. The summed E-state index contributed by atoms with van der Waals surface area (Å²) in [6, 6.07) is 1.00. The van der Waals surface area contributed by atoms with Gasteiger partial charge in [-0.05, 0) is 37.2 Å². The number of aliphatic carboxylic acids is 1. The Morgan fingerprint density at radius 3 is 2.81 bits per heavy atom.